The van der Waals surface area contributed by atoms with Crippen molar-refractivity contribution in [1.29, 1.82) is 0 Å². The van der Waals surface area contributed by atoms with Gasteiger partial charge >= 0.3 is 0 Å². The van der Waals surface area contributed by atoms with Gasteiger partial charge in [0.05, 0.1) is 0 Å². The van der Waals surface area contributed by atoms with Gasteiger partial charge in [-0.05, 0) is 64.6 Å². The predicted molar refractivity (Wildman–Crippen MR) is 223 cm³/mol. The SMILES string of the molecule is CCc1ccc(/C=C/C(=O)N(Cc2ccc(N3CCN(C(C)=O)CC3)cc2)[C@@H](Cc2ccccc2)C(=O)N2CCN(Cc3ccc(N(C)C)cc3)CC2)cc1. The molecule has 6 rings (SSSR count). The number of amides is 3. The fraction of sp³-hybridized carbons (Fsp3) is 0.370. The van der Waals surface area contributed by atoms with Crippen LogP contribution in [0.4, 0.5) is 11.4 Å². The number of carbonyl (C=O) groups excluding carboxylic acids is 3. The number of hydrogen-bond donors (Lipinski definition) is 0. The minimum Gasteiger partial charge on any atom is -0.378 e. The quantitative estimate of drug-likeness (QED) is 0.157. The van der Waals surface area contributed by atoms with E-state index in [1.54, 1.807) is 17.9 Å². The molecule has 0 unspecified atom stereocenters. The second-order valence-electron chi connectivity index (χ2n) is 14.9. The van der Waals surface area contributed by atoms with Crippen LogP contribution in [0.5, 0.6) is 0 Å². The Morgan fingerprint density at radius 1 is 0.673 bits per heavy atom. The third-order valence-corrected chi connectivity index (χ3v) is 10.9. The van der Waals surface area contributed by atoms with E-state index in [0.29, 0.717) is 39.1 Å². The molecule has 0 N–H and O–H groups in total. The molecular weight excluding hydrogens is 685 g/mol. The van der Waals surface area contributed by atoms with Crippen molar-refractivity contribution in [3.05, 3.63) is 137 Å². The first-order valence-electron chi connectivity index (χ1n) is 19.6. The van der Waals surface area contributed by atoms with Crippen LogP contribution in [0.25, 0.3) is 6.08 Å². The van der Waals surface area contributed by atoms with Crippen molar-refractivity contribution < 1.29 is 14.4 Å². The zero-order chi connectivity index (χ0) is 38.7. The minimum absolute atomic E-state index is 0.0205. The van der Waals surface area contributed by atoms with Crippen molar-refractivity contribution in [3.8, 4) is 0 Å². The van der Waals surface area contributed by atoms with Gasteiger partial charge in [-0.2, -0.15) is 0 Å². The summed E-state index contributed by atoms with van der Waals surface area (Å²) in [5, 5.41) is 0. The summed E-state index contributed by atoms with van der Waals surface area (Å²) in [6.07, 6.45) is 4.84. The summed E-state index contributed by atoms with van der Waals surface area (Å²) in [6, 6.07) is 34.5. The number of carbonyl (C=O) groups is 3. The van der Waals surface area contributed by atoms with E-state index < -0.39 is 6.04 Å². The van der Waals surface area contributed by atoms with E-state index in [-0.39, 0.29) is 17.7 Å². The van der Waals surface area contributed by atoms with Crippen LogP contribution in [0, 0.1) is 0 Å². The second kappa shape index (κ2) is 18.8. The fourth-order valence-electron chi connectivity index (χ4n) is 7.42. The Morgan fingerprint density at radius 3 is 1.87 bits per heavy atom. The first-order chi connectivity index (χ1) is 26.7. The van der Waals surface area contributed by atoms with Crippen molar-refractivity contribution in [2.75, 3.05) is 76.3 Å². The lowest BCUT2D eigenvalue weighted by Crippen LogP contribution is -2.56. The van der Waals surface area contributed by atoms with E-state index >= 15 is 0 Å². The molecule has 0 spiro atoms. The average molecular weight is 741 g/mol. The zero-order valence-corrected chi connectivity index (χ0v) is 32.9. The van der Waals surface area contributed by atoms with Gasteiger partial charge in [-0.3, -0.25) is 19.3 Å². The van der Waals surface area contributed by atoms with Crippen LogP contribution >= 0.6 is 0 Å². The van der Waals surface area contributed by atoms with Crippen molar-refractivity contribution in [3.63, 3.8) is 0 Å². The van der Waals surface area contributed by atoms with Crippen LogP contribution in [0.1, 0.15) is 41.7 Å². The van der Waals surface area contributed by atoms with Crippen LogP contribution in [-0.4, -0.2) is 110 Å². The van der Waals surface area contributed by atoms with E-state index in [9.17, 15) is 14.4 Å². The van der Waals surface area contributed by atoms with E-state index in [0.717, 1.165) is 61.5 Å². The number of hydrogen-bond acceptors (Lipinski definition) is 6. The molecule has 0 radical (unpaired) electrons. The molecule has 9 nitrogen and oxygen atoms in total. The standard InChI is InChI=1S/C46H56N6O3/c1-5-37-11-13-38(14-12-37)19-24-45(54)52(35-41-17-22-43(23-18-41)50-31-29-49(30-32-50)36(2)53)44(33-39-9-7-6-8-10-39)46(55)51-27-25-48(26-28-51)34-40-15-20-42(21-16-40)47(3)4/h6-24,44H,5,25-35H2,1-4H3/b24-19+/t44-/m0/s1. The second-order valence-corrected chi connectivity index (χ2v) is 14.9. The molecule has 1 atom stereocenters. The number of rotatable bonds is 13. The topological polar surface area (TPSA) is 70.6 Å². The van der Waals surface area contributed by atoms with E-state index in [2.05, 4.69) is 82.3 Å². The van der Waals surface area contributed by atoms with Gasteiger partial charge in [0.25, 0.3) is 0 Å². The third-order valence-electron chi connectivity index (χ3n) is 10.9. The van der Waals surface area contributed by atoms with E-state index in [1.807, 2.05) is 72.4 Å². The lowest BCUT2D eigenvalue weighted by molar-refractivity contribution is -0.145. The fourth-order valence-corrected chi connectivity index (χ4v) is 7.42. The summed E-state index contributed by atoms with van der Waals surface area (Å²) in [7, 11) is 4.09. The van der Waals surface area contributed by atoms with Crippen LogP contribution in [0.3, 0.4) is 0 Å². The Labute approximate surface area is 327 Å². The number of benzene rings is 4. The zero-order valence-electron chi connectivity index (χ0n) is 32.9. The Hall–Kier alpha value is -5.41. The van der Waals surface area contributed by atoms with Crippen LogP contribution < -0.4 is 9.80 Å². The highest BCUT2D eigenvalue weighted by Gasteiger charge is 2.34. The summed E-state index contributed by atoms with van der Waals surface area (Å²) in [5.74, 6) is -0.106. The van der Waals surface area contributed by atoms with E-state index in [4.69, 9.17) is 0 Å². The Morgan fingerprint density at radius 2 is 1.27 bits per heavy atom. The monoisotopic (exact) mass is 740 g/mol. The summed E-state index contributed by atoms with van der Waals surface area (Å²) in [4.78, 5) is 53.4. The molecule has 4 aromatic carbocycles. The van der Waals surface area contributed by atoms with Crippen molar-refractivity contribution in [2.45, 2.75) is 45.8 Å². The molecule has 2 aliphatic heterocycles. The molecule has 288 valence electrons. The van der Waals surface area contributed by atoms with Gasteiger partial charge in [0, 0.05) is 110 Å². The molecule has 0 bridgehead atoms. The summed E-state index contributed by atoms with van der Waals surface area (Å²) in [6.45, 7) is 10.6. The molecule has 2 aliphatic rings. The third kappa shape index (κ3) is 10.6. The molecule has 0 saturated carbocycles. The van der Waals surface area contributed by atoms with Crippen LogP contribution in [0.15, 0.2) is 109 Å². The Kier molecular flexibility index (Phi) is 13.4. The summed E-state index contributed by atoms with van der Waals surface area (Å²) < 4.78 is 0. The summed E-state index contributed by atoms with van der Waals surface area (Å²) >= 11 is 0. The van der Waals surface area contributed by atoms with Gasteiger partial charge in [-0.1, -0.05) is 85.8 Å². The maximum Gasteiger partial charge on any atom is 0.247 e. The van der Waals surface area contributed by atoms with Crippen LogP contribution in [0.2, 0.25) is 0 Å². The number of nitrogens with zero attached hydrogens (tertiary/aromatic N) is 6. The van der Waals surface area contributed by atoms with Crippen molar-refractivity contribution in [2.24, 2.45) is 0 Å². The Balaban J connectivity index is 1.22. The van der Waals surface area contributed by atoms with Gasteiger partial charge in [0.1, 0.15) is 6.04 Å². The molecule has 4 aromatic rings. The lowest BCUT2D eigenvalue weighted by atomic mass is 10.0. The molecule has 0 aliphatic carbocycles. The maximum atomic E-state index is 14.7. The van der Waals surface area contributed by atoms with Crippen molar-refractivity contribution >= 4 is 35.2 Å². The average Bonchev–Trinajstić information content (AvgIpc) is 3.22. The molecule has 3 amide bonds. The lowest BCUT2D eigenvalue weighted by Gasteiger charge is -2.39. The molecule has 0 aromatic heterocycles. The summed E-state index contributed by atoms with van der Waals surface area (Å²) in [5.41, 5.74) is 7.66. The number of aryl methyl sites for hydroxylation is 1. The highest BCUT2D eigenvalue weighted by molar-refractivity contribution is 5.96. The number of piperazine rings is 2. The molecule has 2 fully saturated rings. The molecule has 2 saturated heterocycles. The van der Waals surface area contributed by atoms with Gasteiger partial charge < -0.3 is 24.5 Å². The normalized spacial score (nSPS) is 15.6. The van der Waals surface area contributed by atoms with Gasteiger partial charge in [0.2, 0.25) is 17.7 Å². The molecular formula is C46H56N6O3. The first-order valence-corrected chi connectivity index (χ1v) is 19.6. The minimum atomic E-state index is -0.688. The van der Waals surface area contributed by atoms with E-state index in [1.165, 1.54) is 16.8 Å². The molecule has 55 heavy (non-hydrogen) atoms. The van der Waals surface area contributed by atoms with Crippen LogP contribution in [-0.2, 0) is 40.3 Å². The van der Waals surface area contributed by atoms with Gasteiger partial charge in [-0.15, -0.1) is 0 Å². The van der Waals surface area contributed by atoms with Crippen molar-refractivity contribution in [1.82, 2.24) is 19.6 Å². The predicted octanol–water partition coefficient (Wildman–Crippen LogP) is 5.98. The molecule has 9 heteroatoms. The highest BCUT2D eigenvalue weighted by atomic mass is 16.2. The molecule has 2 heterocycles. The maximum absolute atomic E-state index is 14.7. The Bertz CT molecular complexity index is 1880. The first kappa shape index (κ1) is 39.3. The number of anilines is 2. The van der Waals surface area contributed by atoms with Gasteiger partial charge in [-0.25, -0.2) is 0 Å². The smallest absolute Gasteiger partial charge is 0.247 e. The highest BCUT2D eigenvalue weighted by Crippen LogP contribution is 2.23. The van der Waals surface area contributed by atoms with Gasteiger partial charge in [0.15, 0.2) is 0 Å². The largest absolute Gasteiger partial charge is 0.378 e.